The molecule has 0 aromatic carbocycles. The number of aliphatic hydroxyl groups excluding tert-OH is 1. The Morgan fingerprint density at radius 1 is 1.40 bits per heavy atom. The zero-order chi connectivity index (χ0) is 5.11. The summed E-state index contributed by atoms with van der Waals surface area (Å²) in [5.41, 5.74) is 1.11. The third kappa shape index (κ3) is 5.51. The van der Waals surface area contributed by atoms with Crippen LogP contribution in [0.15, 0.2) is 23.8 Å². The number of hydrogen-bond donors (Lipinski definition) is 1. The van der Waals surface area contributed by atoms with E-state index in [0.29, 0.717) is 0 Å². The van der Waals surface area contributed by atoms with Crippen molar-refractivity contribution in [1.29, 1.82) is 0 Å². The minimum atomic E-state index is 0. The van der Waals surface area contributed by atoms with Crippen molar-refractivity contribution in [1.82, 2.24) is 0 Å². The standard InChI is InChI=1S/C6H8O.2ClH.Ti/c7-5-6-3-1-2-4-6;;;/h1-3,7H,4-5H2;2*1H;. The molecule has 0 aliphatic heterocycles. The summed E-state index contributed by atoms with van der Waals surface area (Å²) < 4.78 is 0. The van der Waals surface area contributed by atoms with E-state index in [1.807, 2.05) is 18.2 Å². The number of halogens is 2. The summed E-state index contributed by atoms with van der Waals surface area (Å²) >= 11 is 0. The van der Waals surface area contributed by atoms with Crippen LogP contribution in [-0.2, 0) is 21.7 Å². The van der Waals surface area contributed by atoms with E-state index < -0.39 is 0 Å². The molecular weight excluding hydrogens is 207 g/mol. The van der Waals surface area contributed by atoms with E-state index in [4.69, 9.17) is 5.11 Å². The van der Waals surface area contributed by atoms with Crippen molar-refractivity contribution < 1.29 is 26.8 Å². The molecule has 0 saturated heterocycles. The van der Waals surface area contributed by atoms with Gasteiger partial charge in [-0.1, -0.05) is 18.2 Å². The second kappa shape index (κ2) is 9.73. The second-order valence-corrected chi connectivity index (χ2v) is 1.62. The van der Waals surface area contributed by atoms with Crippen LogP contribution in [-0.4, -0.2) is 11.7 Å². The largest absolute Gasteiger partial charge is 0.392 e. The molecule has 10 heavy (non-hydrogen) atoms. The SMILES string of the molecule is Cl.Cl.OCC1=CC=CC1.[Ti]. The average molecular weight is 217 g/mol. The van der Waals surface area contributed by atoms with Gasteiger partial charge in [-0.15, -0.1) is 24.8 Å². The monoisotopic (exact) mass is 216 g/mol. The molecule has 1 rings (SSSR count). The Hall–Kier alpha value is 0.734. The summed E-state index contributed by atoms with van der Waals surface area (Å²) in [5, 5.41) is 8.46. The molecule has 0 heterocycles. The smallest absolute Gasteiger partial charge is 0.0647 e. The maximum atomic E-state index is 8.46. The van der Waals surface area contributed by atoms with Gasteiger partial charge in [0.2, 0.25) is 0 Å². The third-order valence-corrected chi connectivity index (χ3v) is 1.05. The Balaban J connectivity index is -0.000000163. The van der Waals surface area contributed by atoms with E-state index in [1.165, 1.54) is 0 Å². The molecule has 1 aliphatic rings. The molecule has 0 aromatic rings. The Morgan fingerprint density at radius 3 is 2.20 bits per heavy atom. The van der Waals surface area contributed by atoms with Crippen LogP contribution in [0.3, 0.4) is 0 Å². The van der Waals surface area contributed by atoms with Crippen molar-refractivity contribution >= 4 is 24.8 Å². The van der Waals surface area contributed by atoms with Crippen molar-refractivity contribution in [3.63, 3.8) is 0 Å². The van der Waals surface area contributed by atoms with E-state index in [0.717, 1.165) is 12.0 Å². The first-order chi connectivity index (χ1) is 3.43. The number of rotatable bonds is 1. The summed E-state index contributed by atoms with van der Waals surface area (Å²) in [6.07, 6.45) is 6.88. The summed E-state index contributed by atoms with van der Waals surface area (Å²) in [7, 11) is 0. The van der Waals surface area contributed by atoms with Crippen LogP contribution in [0.25, 0.3) is 0 Å². The summed E-state index contributed by atoms with van der Waals surface area (Å²) in [6.45, 7) is 0.215. The number of hydrogen-bond acceptors (Lipinski definition) is 1. The molecule has 0 fully saturated rings. The Labute approximate surface area is 88.3 Å². The van der Waals surface area contributed by atoms with Crippen molar-refractivity contribution in [3.8, 4) is 0 Å². The number of aliphatic hydroxyl groups is 1. The van der Waals surface area contributed by atoms with Crippen molar-refractivity contribution in [2.75, 3.05) is 6.61 Å². The van der Waals surface area contributed by atoms with Gasteiger partial charge >= 0.3 is 0 Å². The maximum Gasteiger partial charge on any atom is 0.0647 e. The van der Waals surface area contributed by atoms with Gasteiger partial charge in [-0.2, -0.15) is 0 Å². The van der Waals surface area contributed by atoms with Crippen molar-refractivity contribution in [2.24, 2.45) is 0 Å². The summed E-state index contributed by atoms with van der Waals surface area (Å²) in [5.74, 6) is 0. The van der Waals surface area contributed by atoms with E-state index >= 15 is 0 Å². The molecule has 0 atom stereocenters. The maximum absolute atomic E-state index is 8.46. The molecule has 0 amide bonds. The Bertz CT molecular complexity index is 123. The zero-order valence-electron chi connectivity index (χ0n) is 5.41. The zero-order valence-corrected chi connectivity index (χ0v) is 8.60. The third-order valence-electron chi connectivity index (χ3n) is 1.05. The van der Waals surface area contributed by atoms with Gasteiger partial charge in [-0.05, 0) is 12.0 Å². The van der Waals surface area contributed by atoms with Crippen LogP contribution >= 0.6 is 24.8 Å². The predicted octanol–water partition coefficient (Wildman–Crippen LogP) is 1.71. The van der Waals surface area contributed by atoms with Crippen molar-refractivity contribution in [2.45, 2.75) is 6.42 Å². The molecule has 1 aliphatic carbocycles. The average Bonchev–Trinajstić information content (AvgIpc) is 2.14. The van der Waals surface area contributed by atoms with Crippen LogP contribution in [0.4, 0.5) is 0 Å². The fourth-order valence-corrected chi connectivity index (χ4v) is 0.609. The van der Waals surface area contributed by atoms with Crippen LogP contribution in [0.2, 0.25) is 0 Å². The van der Waals surface area contributed by atoms with Crippen LogP contribution in [0.5, 0.6) is 0 Å². The van der Waals surface area contributed by atoms with Crippen molar-refractivity contribution in [3.05, 3.63) is 23.8 Å². The van der Waals surface area contributed by atoms with Gasteiger partial charge in [0.15, 0.2) is 0 Å². The van der Waals surface area contributed by atoms with E-state index in [2.05, 4.69) is 0 Å². The van der Waals surface area contributed by atoms with E-state index in [9.17, 15) is 0 Å². The molecule has 58 valence electrons. The van der Waals surface area contributed by atoms with Crippen LogP contribution < -0.4 is 0 Å². The molecule has 0 aromatic heterocycles. The minimum Gasteiger partial charge on any atom is -0.392 e. The van der Waals surface area contributed by atoms with Gasteiger partial charge in [-0.25, -0.2) is 0 Å². The molecule has 0 radical (unpaired) electrons. The molecule has 4 heteroatoms. The fourth-order valence-electron chi connectivity index (χ4n) is 0.609. The van der Waals surface area contributed by atoms with Gasteiger partial charge in [0.1, 0.15) is 0 Å². The topological polar surface area (TPSA) is 20.2 Å². The summed E-state index contributed by atoms with van der Waals surface area (Å²) in [4.78, 5) is 0. The van der Waals surface area contributed by atoms with E-state index in [1.54, 1.807) is 0 Å². The normalized spacial score (nSPS) is 12.3. The molecule has 1 nitrogen and oxygen atoms in total. The molecule has 0 saturated carbocycles. The molecular formula is C6H10Cl2OTi. The predicted molar refractivity (Wildman–Crippen MR) is 43.4 cm³/mol. The number of allylic oxidation sites excluding steroid dienone is 3. The molecule has 0 spiro atoms. The van der Waals surface area contributed by atoms with Gasteiger partial charge in [0.05, 0.1) is 6.61 Å². The van der Waals surface area contributed by atoms with E-state index in [-0.39, 0.29) is 53.1 Å². The Morgan fingerprint density at radius 2 is 2.00 bits per heavy atom. The molecule has 1 N–H and O–H groups in total. The minimum absolute atomic E-state index is 0. The van der Waals surface area contributed by atoms with Crippen LogP contribution in [0.1, 0.15) is 6.42 Å². The fraction of sp³-hybridized carbons (Fsp3) is 0.333. The van der Waals surface area contributed by atoms with Gasteiger partial charge in [-0.3, -0.25) is 0 Å². The molecule has 0 bridgehead atoms. The van der Waals surface area contributed by atoms with Crippen LogP contribution in [0, 0.1) is 0 Å². The first-order valence-corrected chi connectivity index (χ1v) is 2.39. The van der Waals surface area contributed by atoms with Gasteiger partial charge in [0, 0.05) is 21.7 Å². The van der Waals surface area contributed by atoms with Gasteiger partial charge < -0.3 is 5.11 Å². The quantitative estimate of drug-likeness (QED) is 0.662. The second-order valence-electron chi connectivity index (χ2n) is 1.62. The first kappa shape index (κ1) is 17.0. The first-order valence-electron chi connectivity index (χ1n) is 2.39. The molecule has 0 unspecified atom stereocenters. The summed E-state index contributed by atoms with van der Waals surface area (Å²) in [6, 6.07) is 0. The van der Waals surface area contributed by atoms with Gasteiger partial charge in [0.25, 0.3) is 0 Å². The Kier molecular flexibility index (Phi) is 16.6.